The zero-order valence-electron chi connectivity index (χ0n) is 12.1. The van der Waals surface area contributed by atoms with Gasteiger partial charge < -0.3 is 9.47 Å². The van der Waals surface area contributed by atoms with E-state index >= 15 is 0 Å². The summed E-state index contributed by atoms with van der Waals surface area (Å²) in [7, 11) is 0. The average Bonchev–Trinajstić information content (AvgIpc) is 2.92. The zero-order chi connectivity index (χ0) is 15.0. The van der Waals surface area contributed by atoms with E-state index in [4.69, 9.17) is 9.47 Å². The van der Waals surface area contributed by atoms with Crippen LogP contribution in [0.3, 0.4) is 0 Å². The van der Waals surface area contributed by atoms with Gasteiger partial charge in [0.25, 0.3) is 11.8 Å². The summed E-state index contributed by atoms with van der Waals surface area (Å²) in [4.78, 5) is 25.6. The van der Waals surface area contributed by atoms with Crippen molar-refractivity contribution in [1.29, 1.82) is 0 Å². The van der Waals surface area contributed by atoms with Gasteiger partial charge in [-0.1, -0.05) is 12.1 Å². The van der Waals surface area contributed by atoms with E-state index in [9.17, 15) is 9.59 Å². The Labute approximate surface area is 123 Å². The fourth-order valence-corrected chi connectivity index (χ4v) is 2.54. The van der Waals surface area contributed by atoms with E-state index in [0.29, 0.717) is 30.5 Å². The number of benzene rings is 1. The molecule has 0 saturated carbocycles. The largest absolute Gasteiger partial charge is 0.457 e. The molecular weight excluding hydrogens is 270 g/mol. The number of ether oxygens (including phenoxy) is 2. The van der Waals surface area contributed by atoms with Crippen LogP contribution >= 0.6 is 0 Å². The fourth-order valence-electron chi connectivity index (χ4n) is 2.54. The third-order valence-corrected chi connectivity index (χ3v) is 3.53. The lowest BCUT2D eigenvalue weighted by molar-refractivity contribution is -0.117. The molecule has 2 heterocycles. The van der Waals surface area contributed by atoms with Crippen LogP contribution in [0.1, 0.15) is 47.4 Å². The lowest BCUT2D eigenvalue weighted by atomic mass is 10.1. The summed E-state index contributed by atoms with van der Waals surface area (Å²) >= 11 is 0. The summed E-state index contributed by atoms with van der Waals surface area (Å²) in [6.07, 6.45) is 2.88. The predicted molar refractivity (Wildman–Crippen MR) is 75.4 cm³/mol. The second kappa shape index (κ2) is 4.91. The molecule has 110 valence electrons. The molecule has 0 unspecified atom stereocenters. The van der Waals surface area contributed by atoms with Gasteiger partial charge in [0.1, 0.15) is 12.0 Å². The maximum absolute atomic E-state index is 12.2. The molecule has 2 aliphatic heterocycles. The lowest BCUT2D eigenvalue weighted by Gasteiger charge is -2.18. The highest BCUT2D eigenvalue weighted by molar-refractivity contribution is 6.21. The number of fused-ring (bicyclic) bond motifs is 1. The number of amides is 2. The summed E-state index contributed by atoms with van der Waals surface area (Å²) in [5, 5.41) is 0. The highest BCUT2D eigenvalue weighted by atomic mass is 16.7. The summed E-state index contributed by atoms with van der Waals surface area (Å²) in [5.41, 5.74) is 0.978. The van der Waals surface area contributed by atoms with Gasteiger partial charge in [-0.15, -0.1) is 0 Å². The van der Waals surface area contributed by atoms with E-state index in [1.807, 2.05) is 13.8 Å². The van der Waals surface area contributed by atoms with E-state index in [2.05, 4.69) is 0 Å². The van der Waals surface area contributed by atoms with Crippen LogP contribution in [0.5, 0.6) is 0 Å². The standard InChI is InChI=1S/C16H17NO4/c1-16(2)20-10-11(21-16)6-5-9-17-14(18)12-7-3-4-8-13(12)15(17)19/h3-4,7-8,10H,5-6,9H2,1-2H3. The van der Waals surface area contributed by atoms with Crippen molar-refractivity contribution < 1.29 is 19.1 Å². The van der Waals surface area contributed by atoms with Gasteiger partial charge in [-0.25, -0.2) is 0 Å². The van der Waals surface area contributed by atoms with Gasteiger partial charge >= 0.3 is 0 Å². The molecule has 0 spiro atoms. The average molecular weight is 287 g/mol. The highest BCUT2D eigenvalue weighted by Gasteiger charge is 2.35. The Hall–Kier alpha value is -2.30. The van der Waals surface area contributed by atoms with E-state index in [-0.39, 0.29) is 11.8 Å². The number of imide groups is 1. The molecule has 5 heteroatoms. The molecule has 0 N–H and O–H groups in total. The summed E-state index contributed by atoms with van der Waals surface area (Å²) in [5.74, 6) is -0.302. The Kier molecular flexibility index (Phi) is 3.20. The zero-order valence-corrected chi connectivity index (χ0v) is 12.1. The van der Waals surface area contributed by atoms with Crippen molar-refractivity contribution in [3.8, 4) is 0 Å². The molecule has 0 aliphatic carbocycles. The Morgan fingerprint density at radius 2 is 1.71 bits per heavy atom. The second-order valence-corrected chi connectivity index (χ2v) is 5.61. The first-order valence-electron chi connectivity index (χ1n) is 6.99. The van der Waals surface area contributed by atoms with Crippen LogP contribution in [-0.4, -0.2) is 29.0 Å². The molecular formula is C16H17NO4. The van der Waals surface area contributed by atoms with E-state index in [1.54, 1.807) is 30.5 Å². The number of hydrogen-bond acceptors (Lipinski definition) is 4. The monoisotopic (exact) mass is 287 g/mol. The number of hydrogen-bond donors (Lipinski definition) is 0. The molecule has 0 saturated heterocycles. The maximum Gasteiger partial charge on any atom is 0.261 e. The Bertz CT molecular complexity index is 598. The number of carbonyl (C=O) groups is 2. The van der Waals surface area contributed by atoms with E-state index in [0.717, 1.165) is 5.76 Å². The highest BCUT2D eigenvalue weighted by Crippen LogP contribution is 2.28. The van der Waals surface area contributed by atoms with Gasteiger partial charge in [0.2, 0.25) is 5.79 Å². The van der Waals surface area contributed by atoms with Crippen LogP contribution in [0.15, 0.2) is 36.3 Å². The van der Waals surface area contributed by atoms with Crippen LogP contribution in [0, 0.1) is 0 Å². The van der Waals surface area contributed by atoms with Gasteiger partial charge in [0.15, 0.2) is 0 Å². The van der Waals surface area contributed by atoms with Gasteiger partial charge in [-0.2, -0.15) is 0 Å². The summed E-state index contributed by atoms with van der Waals surface area (Å²) < 4.78 is 10.9. The normalized spacial score (nSPS) is 19.1. The lowest BCUT2D eigenvalue weighted by Crippen LogP contribution is -2.30. The first-order chi connectivity index (χ1) is 9.98. The first kappa shape index (κ1) is 13.7. The minimum Gasteiger partial charge on any atom is -0.457 e. The molecule has 0 radical (unpaired) electrons. The van der Waals surface area contributed by atoms with E-state index in [1.165, 1.54) is 4.90 Å². The van der Waals surface area contributed by atoms with Crippen LogP contribution < -0.4 is 0 Å². The topological polar surface area (TPSA) is 55.8 Å². The smallest absolute Gasteiger partial charge is 0.261 e. The molecule has 0 atom stereocenters. The van der Waals surface area contributed by atoms with Crippen molar-refractivity contribution in [3.63, 3.8) is 0 Å². The van der Waals surface area contributed by atoms with Crippen LogP contribution in [-0.2, 0) is 9.47 Å². The van der Waals surface area contributed by atoms with Crippen molar-refractivity contribution in [2.45, 2.75) is 32.5 Å². The van der Waals surface area contributed by atoms with Crippen molar-refractivity contribution in [2.24, 2.45) is 0 Å². The van der Waals surface area contributed by atoms with Gasteiger partial charge in [0, 0.05) is 26.8 Å². The quantitative estimate of drug-likeness (QED) is 0.799. The number of rotatable bonds is 4. The molecule has 0 fully saturated rings. The Morgan fingerprint density at radius 3 is 2.24 bits per heavy atom. The third-order valence-electron chi connectivity index (χ3n) is 3.53. The number of allylic oxidation sites excluding steroid dienone is 1. The minimum absolute atomic E-state index is 0.214. The molecule has 1 aromatic carbocycles. The molecule has 5 nitrogen and oxygen atoms in total. The molecule has 0 aromatic heterocycles. The second-order valence-electron chi connectivity index (χ2n) is 5.61. The van der Waals surface area contributed by atoms with Crippen LogP contribution in [0.4, 0.5) is 0 Å². The molecule has 2 amide bonds. The Morgan fingerprint density at radius 1 is 1.10 bits per heavy atom. The Balaban J connectivity index is 1.58. The minimum atomic E-state index is -0.620. The van der Waals surface area contributed by atoms with Crippen LogP contribution in [0.2, 0.25) is 0 Å². The van der Waals surface area contributed by atoms with E-state index < -0.39 is 5.79 Å². The van der Waals surface area contributed by atoms with Crippen molar-refractivity contribution in [2.75, 3.05) is 6.54 Å². The summed E-state index contributed by atoms with van der Waals surface area (Å²) in [6.45, 7) is 4.05. The van der Waals surface area contributed by atoms with Gasteiger partial charge in [0.05, 0.1) is 11.1 Å². The van der Waals surface area contributed by atoms with Gasteiger partial charge in [-0.3, -0.25) is 14.5 Å². The van der Waals surface area contributed by atoms with Crippen LogP contribution in [0.25, 0.3) is 0 Å². The molecule has 3 rings (SSSR count). The maximum atomic E-state index is 12.2. The predicted octanol–water partition coefficient (Wildman–Crippen LogP) is 2.69. The van der Waals surface area contributed by atoms with Gasteiger partial charge in [-0.05, 0) is 18.6 Å². The fraction of sp³-hybridized carbons (Fsp3) is 0.375. The van der Waals surface area contributed by atoms with Crippen molar-refractivity contribution in [3.05, 3.63) is 47.4 Å². The first-order valence-corrected chi connectivity index (χ1v) is 6.99. The molecule has 0 bridgehead atoms. The molecule has 2 aliphatic rings. The molecule has 1 aromatic rings. The van der Waals surface area contributed by atoms with Crippen molar-refractivity contribution in [1.82, 2.24) is 4.90 Å². The molecule has 21 heavy (non-hydrogen) atoms. The number of nitrogens with zero attached hydrogens (tertiary/aromatic N) is 1. The number of carbonyl (C=O) groups excluding carboxylic acids is 2. The SMILES string of the molecule is CC1(C)OC=C(CCCN2C(=O)c3ccccc3C2=O)O1. The van der Waals surface area contributed by atoms with Crippen molar-refractivity contribution >= 4 is 11.8 Å². The third kappa shape index (κ3) is 2.51. The summed E-state index contributed by atoms with van der Waals surface area (Å²) in [6, 6.07) is 6.91.